The van der Waals surface area contributed by atoms with Crippen LogP contribution in [0.4, 0.5) is 5.69 Å². The lowest BCUT2D eigenvalue weighted by atomic mass is 10.3. The molecule has 0 radical (unpaired) electrons. The summed E-state index contributed by atoms with van der Waals surface area (Å²) < 4.78 is 16.2. The highest BCUT2D eigenvalue weighted by atomic mass is 35.5. The molecule has 0 saturated carbocycles. The fraction of sp³-hybridized carbons (Fsp3) is 0.278. The van der Waals surface area contributed by atoms with Crippen LogP contribution in [0.2, 0.25) is 5.02 Å². The standard InChI is InChI=1S/C18H20ClNO4/c1-3-9-23-14-5-4-6-15(11-14)24-12-18(21)20-16-10-13(19)7-8-17(16)22-2/h4-8,10-11H,3,9,12H2,1-2H3,(H,20,21). The molecule has 0 unspecified atom stereocenters. The van der Waals surface area contributed by atoms with Gasteiger partial charge in [0.2, 0.25) is 0 Å². The number of hydrogen-bond acceptors (Lipinski definition) is 4. The van der Waals surface area contributed by atoms with Gasteiger partial charge in [0.1, 0.15) is 17.2 Å². The molecule has 5 nitrogen and oxygen atoms in total. The van der Waals surface area contributed by atoms with Gasteiger partial charge in [-0.2, -0.15) is 0 Å². The van der Waals surface area contributed by atoms with Gasteiger partial charge in [-0.05, 0) is 36.8 Å². The molecule has 0 heterocycles. The van der Waals surface area contributed by atoms with E-state index in [0.29, 0.717) is 34.6 Å². The molecule has 24 heavy (non-hydrogen) atoms. The first-order chi connectivity index (χ1) is 11.6. The number of benzene rings is 2. The zero-order chi connectivity index (χ0) is 17.4. The minimum atomic E-state index is -0.310. The first-order valence-electron chi connectivity index (χ1n) is 7.61. The quantitative estimate of drug-likeness (QED) is 0.777. The molecule has 0 aromatic heterocycles. The van der Waals surface area contributed by atoms with E-state index in [1.165, 1.54) is 7.11 Å². The summed E-state index contributed by atoms with van der Waals surface area (Å²) in [7, 11) is 1.52. The van der Waals surface area contributed by atoms with Gasteiger partial charge >= 0.3 is 0 Å². The van der Waals surface area contributed by atoms with E-state index in [9.17, 15) is 4.79 Å². The van der Waals surface area contributed by atoms with Gasteiger partial charge in [0.25, 0.3) is 5.91 Å². The lowest BCUT2D eigenvalue weighted by molar-refractivity contribution is -0.118. The maximum absolute atomic E-state index is 12.1. The molecule has 0 atom stereocenters. The Morgan fingerprint density at radius 1 is 1.12 bits per heavy atom. The van der Waals surface area contributed by atoms with E-state index in [4.69, 9.17) is 25.8 Å². The van der Waals surface area contributed by atoms with Crippen LogP contribution in [0.25, 0.3) is 0 Å². The lowest BCUT2D eigenvalue weighted by Crippen LogP contribution is -2.20. The molecule has 2 rings (SSSR count). The third-order valence-electron chi connectivity index (χ3n) is 3.08. The van der Waals surface area contributed by atoms with Crippen molar-refractivity contribution in [3.05, 3.63) is 47.5 Å². The average molecular weight is 350 g/mol. The third-order valence-corrected chi connectivity index (χ3v) is 3.32. The average Bonchev–Trinajstić information content (AvgIpc) is 2.59. The van der Waals surface area contributed by atoms with E-state index >= 15 is 0 Å². The van der Waals surface area contributed by atoms with Crippen LogP contribution in [0.1, 0.15) is 13.3 Å². The van der Waals surface area contributed by atoms with Gasteiger partial charge < -0.3 is 19.5 Å². The van der Waals surface area contributed by atoms with Crippen molar-refractivity contribution in [3.8, 4) is 17.2 Å². The highest BCUT2D eigenvalue weighted by Gasteiger charge is 2.09. The number of hydrogen-bond donors (Lipinski definition) is 1. The molecule has 0 spiro atoms. The second-order valence-corrected chi connectivity index (χ2v) is 5.44. The zero-order valence-corrected chi connectivity index (χ0v) is 14.4. The van der Waals surface area contributed by atoms with Crippen molar-refractivity contribution in [2.75, 3.05) is 25.6 Å². The van der Waals surface area contributed by atoms with Crippen LogP contribution < -0.4 is 19.5 Å². The number of carbonyl (C=O) groups excluding carboxylic acids is 1. The Balaban J connectivity index is 1.93. The molecule has 128 valence electrons. The summed E-state index contributed by atoms with van der Waals surface area (Å²) in [5, 5.41) is 3.22. The lowest BCUT2D eigenvalue weighted by Gasteiger charge is -2.12. The first-order valence-corrected chi connectivity index (χ1v) is 7.99. The number of amides is 1. The molecule has 6 heteroatoms. The summed E-state index contributed by atoms with van der Waals surface area (Å²) in [5.74, 6) is 1.50. The van der Waals surface area contributed by atoms with E-state index in [-0.39, 0.29) is 12.5 Å². The number of anilines is 1. The van der Waals surface area contributed by atoms with Crippen molar-refractivity contribution >= 4 is 23.2 Å². The molecule has 2 aromatic carbocycles. The maximum atomic E-state index is 12.1. The predicted octanol–water partition coefficient (Wildman–Crippen LogP) is 4.15. The van der Waals surface area contributed by atoms with Gasteiger partial charge in [0.05, 0.1) is 19.4 Å². The molecule has 0 aliphatic rings. The Morgan fingerprint density at radius 3 is 2.58 bits per heavy atom. The fourth-order valence-electron chi connectivity index (χ4n) is 1.99. The summed E-state index contributed by atoms with van der Waals surface area (Å²) in [6, 6.07) is 12.2. The van der Waals surface area contributed by atoms with Crippen LogP contribution in [-0.2, 0) is 4.79 Å². The molecule has 2 aromatic rings. The molecule has 0 bridgehead atoms. The number of ether oxygens (including phenoxy) is 3. The molecular formula is C18H20ClNO4. The summed E-state index contributed by atoms with van der Waals surface area (Å²) in [6.07, 6.45) is 0.926. The van der Waals surface area contributed by atoms with Gasteiger partial charge in [-0.1, -0.05) is 24.6 Å². The van der Waals surface area contributed by atoms with Crippen molar-refractivity contribution in [1.29, 1.82) is 0 Å². The Bertz CT molecular complexity index is 690. The van der Waals surface area contributed by atoms with Gasteiger partial charge in [0.15, 0.2) is 6.61 Å². The number of nitrogens with one attached hydrogen (secondary N) is 1. The van der Waals surface area contributed by atoms with Crippen molar-refractivity contribution in [2.45, 2.75) is 13.3 Å². The minimum Gasteiger partial charge on any atom is -0.495 e. The van der Waals surface area contributed by atoms with Gasteiger partial charge in [0, 0.05) is 11.1 Å². The Kier molecular flexibility index (Phi) is 6.75. The Morgan fingerprint density at radius 2 is 1.88 bits per heavy atom. The smallest absolute Gasteiger partial charge is 0.262 e. The monoisotopic (exact) mass is 349 g/mol. The highest BCUT2D eigenvalue weighted by molar-refractivity contribution is 6.31. The van der Waals surface area contributed by atoms with E-state index in [1.807, 2.05) is 19.1 Å². The van der Waals surface area contributed by atoms with Crippen LogP contribution in [0.5, 0.6) is 17.2 Å². The van der Waals surface area contributed by atoms with E-state index in [2.05, 4.69) is 5.32 Å². The van der Waals surface area contributed by atoms with E-state index in [0.717, 1.165) is 6.42 Å². The third kappa shape index (κ3) is 5.35. The van der Waals surface area contributed by atoms with Crippen molar-refractivity contribution in [1.82, 2.24) is 0 Å². The van der Waals surface area contributed by atoms with Gasteiger partial charge in [-0.15, -0.1) is 0 Å². The second-order valence-electron chi connectivity index (χ2n) is 5.00. The van der Waals surface area contributed by atoms with Crippen LogP contribution in [-0.4, -0.2) is 26.2 Å². The molecule has 0 saturated heterocycles. The number of methoxy groups -OCH3 is 1. The van der Waals surface area contributed by atoms with Crippen LogP contribution in [0.15, 0.2) is 42.5 Å². The van der Waals surface area contributed by atoms with E-state index < -0.39 is 0 Å². The fourth-order valence-corrected chi connectivity index (χ4v) is 2.16. The minimum absolute atomic E-state index is 0.132. The molecule has 1 amide bonds. The topological polar surface area (TPSA) is 56.8 Å². The Labute approximate surface area is 146 Å². The first kappa shape index (κ1) is 17.9. The normalized spacial score (nSPS) is 10.1. The van der Waals surface area contributed by atoms with Crippen LogP contribution in [0.3, 0.4) is 0 Å². The van der Waals surface area contributed by atoms with Crippen LogP contribution in [0, 0.1) is 0 Å². The van der Waals surface area contributed by atoms with Gasteiger partial charge in [-0.3, -0.25) is 4.79 Å². The summed E-state index contributed by atoms with van der Waals surface area (Å²) in [5.41, 5.74) is 0.499. The molecule has 1 N–H and O–H groups in total. The molecule has 0 fully saturated rings. The molecule has 0 aliphatic heterocycles. The number of carbonyl (C=O) groups is 1. The van der Waals surface area contributed by atoms with Crippen molar-refractivity contribution < 1.29 is 19.0 Å². The van der Waals surface area contributed by atoms with Crippen LogP contribution >= 0.6 is 11.6 Å². The van der Waals surface area contributed by atoms with Crippen molar-refractivity contribution in [3.63, 3.8) is 0 Å². The van der Waals surface area contributed by atoms with Crippen molar-refractivity contribution in [2.24, 2.45) is 0 Å². The zero-order valence-electron chi connectivity index (χ0n) is 13.7. The predicted molar refractivity (Wildman–Crippen MR) is 94.4 cm³/mol. The highest BCUT2D eigenvalue weighted by Crippen LogP contribution is 2.27. The Hall–Kier alpha value is -2.40. The summed E-state index contributed by atoms with van der Waals surface area (Å²) in [4.78, 5) is 12.1. The van der Waals surface area contributed by atoms with E-state index in [1.54, 1.807) is 30.3 Å². The van der Waals surface area contributed by atoms with Gasteiger partial charge in [-0.25, -0.2) is 0 Å². The SMILES string of the molecule is CCCOc1cccc(OCC(=O)Nc2cc(Cl)ccc2OC)c1. The summed E-state index contributed by atoms with van der Waals surface area (Å²) in [6.45, 7) is 2.54. The second kappa shape index (κ2) is 9.03. The largest absolute Gasteiger partial charge is 0.495 e. The molecular weight excluding hydrogens is 330 g/mol. The number of rotatable bonds is 8. The summed E-state index contributed by atoms with van der Waals surface area (Å²) >= 11 is 5.94. The number of halogens is 1. The molecule has 0 aliphatic carbocycles. The maximum Gasteiger partial charge on any atom is 0.262 e.